The van der Waals surface area contributed by atoms with E-state index in [0.717, 1.165) is 11.3 Å². The maximum absolute atomic E-state index is 12.8. The molecule has 2 amide bonds. The molecule has 8 heteroatoms. The van der Waals surface area contributed by atoms with Crippen LogP contribution < -0.4 is 10.1 Å². The van der Waals surface area contributed by atoms with Gasteiger partial charge in [-0.1, -0.05) is 18.2 Å². The maximum Gasteiger partial charge on any atom is 0.321 e. The van der Waals surface area contributed by atoms with Crippen LogP contribution in [0.15, 0.2) is 53.4 Å². The minimum absolute atomic E-state index is 0.217. The Labute approximate surface area is 159 Å². The van der Waals surface area contributed by atoms with Crippen molar-refractivity contribution >= 4 is 21.7 Å². The van der Waals surface area contributed by atoms with Crippen LogP contribution in [0.2, 0.25) is 0 Å². The predicted octanol–water partition coefficient (Wildman–Crippen LogP) is 2.54. The highest BCUT2D eigenvalue weighted by Gasteiger charge is 2.30. The number of para-hydroxylation sites is 1. The Bertz CT molecular complexity index is 905. The molecule has 1 fully saturated rings. The van der Waals surface area contributed by atoms with Gasteiger partial charge in [0.1, 0.15) is 5.75 Å². The number of nitrogens with zero attached hydrogens (tertiary/aromatic N) is 2. The van der Waals surface area contributed by atoms with E-state index in [1.54, 1.807) is 17.0 Å². The van der Waals surface area contributed by atoms with Crippen molar-refractivity contribution in [2.75, 3.05) is 38.6 Å². The smallest absolute Gasteiger partial charge is 0.321 e. The molecule has 0 saturated carbocycles. The second kappa shape index (κ2) is 7.98. The van der Waals surface area contributed by atoms with Gasteiger partial charge in [-0.3, -0.25) is 0 Å². The summed E-state index contributed by atoms with van der Waals surface area (Å²) in [5.74, 6) is 0.603. The summed E-state index contributed by atoms with van der Waals surface area (Å²) in [4.78, 5) is 14.3. The van der Waals surface area contributed by atoms with E-state index in [0.29, 0.717) is 18.8 Å². The van der Waals surface area contributed by atoms with E-state index in [-0.39, 0.29) is 24.0 Å². The Balaban J connectivity index is 1.62. The number of aryl methyl sites for hydroxylation is 1. The Kier molecular flexibility index (Phi) is 5.67. The summed E-state index contributed by atoms with van der Waals surface area (Å²) in [6.07, 6.45) is 0. The molecular weight excluding hydrogens is 366 g/mol. The van der Waals surface area contributed by atoms with Gasteiger partial charge in [-0.15, -0.1) is 0 Å². The van der Waals surface area contributed by atoms with Crippen LogP contribution in [0.1, 0.15) is 5.56 Å². The van der Waals surface area contributed by atoms with E-state index in [1.165, 1.54) is 23.5 Å². The van der Waals surface area contributed by atoms with Crippen molar-refractivity contribution in [3.8, 4) is 5.75 Å². The maximum atomic E-state index is 12.8. The van der Waals surface area contributed by atoms with Gasteiger partial charge in [0.05, 0.1) is 12.0 Å². The van der Waals surface area contributed by atoms with Gasteiger partial charge in [0.15, 0.2) is 0 Å². The third kappa shape index (κ3) is 4.23. The standard InChI is InChI=1S/C19H23N3O4S/c1-15-5-3-4-6-18(15)20-19(23)21-11-13-22(14-12-21)27(24,25)17-9-7-16(26-2)8-10-17/h3-10H,11-14H2,1-2H3,(H,20,23). The van der Waals surface area contributed by atoms with Crippen LogP contribution in [0.5, 0.6) is 5.75 Å². The number of hydrogen-bond donors (Lipinski definition) is 1. The van der Waals surface area contributed by atoms with Crippen LogP contribution in [0.4, 0.5) is 10.5 Å². The predicted molar refractivity (Wildman–Crippen MR) is 104 cm³/mol. The second-order valence-corrected chi connectivity index (χ2v) is 8.25. The van der Waals surface area contributed by atoms with Crippen LogP contribution in [-0.4, -0.2) is 56.9 Å². The molecule has 1 saturated heterocycles. The molecule has 0 bridgehead atoms. The van der Waals surface area contributed by atoms with Gasteiger partial charge in [0.25, 0.3) is 0 Å². The number of benzene rings is 2. The number of piperazine rings is 1. The van der Waals surface area contributed by atoms with Crippen LogP contribution in [0.3, 0.4) is 0 Å². The van der Waals surface area contributed by atoms with E-state index < -0.39 is 10.0 Å². The molecule has 1 aliphatic heterocycles. The highest BCUT2D eigenvalue weighted by atomic mass is 32.2. The Morgan fingerprint density at radius 2 is 1.63 bits per heavy atom. The molecule has 2 aromatic rings. The highest BCUT2D eigenvalue weighted by Crippen LogP contribution is 2.21. The molecule has 0 spiro atoms. The van der Waals surface area contributed by atoms with Crippen molar-refractivity contribution in [1.82, 2.24) is 9.21 Å². The first-order valence-electron chi connectivity index (χ1n) is 8.67. The third-order valence-electron chi connectivity index (χ3n) is 4.61. The van der Waals surface area contributed by atoms with Gasteiger partial charge in [0, 0.05) is 31.9 Å². The van der Waals surface area contributed by atoms with Crippen molar-refractivity contribution in [3.05, 3.63) is 54.1 Å². The van der Waals surface area contributed by atoms with Crippen LogP contribution in [-0.2, 0) is 10.0 Å². The minimum atomic E-state index is -3.58. The zero-order valence-electron chi connectivity index (χ0n) is 15.4. The van der Waals surface area contributed by atoms with Gasteiger partial charge in [0.2, 0.25) is 10.0 Å². The lowest BCUT2D eigenvalue weighted by Crippen LogP contribution is -2.51. The summed E-state index contributed by atoms with van der Waals surface area (Å²) < 4.78 is 32.0. The molecule has 0 unspecified atom stereocenters. The zero-order valence-corrected chi connectivity index (χ0v) is 16.2. The topological polar surface area (TPSA) is 79.0 Å². The monoisotopic (exact) mass is 389 g/mol. The van der Waals surface area contributed by atoms with Crippen LogP contribution in [0, 0.1) is 6.92 Å². The van der Waals surface area contributed by atoms with Gasteiger partial charge in [-0.25, -0.2) is 13.2 Å². The van der Waals surface area contributed by atoms with E-state index in [1.807, 2.05) is 31.2 Å². The second-order valence-electron chi connectivity index (χ2n) is 6.31. The lowest BCUT2D eigenvalue weighted by atomic mass is 10.2. The number of anilines is 1. The first-order valence-corrected chi connectivity index (χ1v) is 10.1. The lowest BCUT2D eigenvalue weighted by molar-refractivity contribution is 0.184. The number of rotatable bonds is 4. The van der Waals surface area contributed by atoms with Crippen molar-refractivity contribution < 1.29 is 17.9 Å². The largest absolute Gasteiger partial charge is 0.497 e. The van der Waals surface area contributed by atoms with Gasteiger partial charge < -0.3 is 15.0 Å². The highest BCUT2D eigenvalue weighted by molar-refractivity contribution is 7.89. The molecule has 3 rings (SSSR count). The quantitative estimate of drug-likeness (QED) is 0.872. The number of amides is 2. The normalized spacial score (nSPS) is 15.4. The number of carbonyl (C=O) groups is 1. The van der Waals surface area contributed by atoms with E-state index >= 15 is 0 Å². The van der Waals surface area contributed by atoms with Gasteiger partial charge in [-0.05, 0) is 42.8 Å². The number of ether oxygens (including phenoxy) is 1. The lowest BCUT2D eigenvalue weighted by Gasteiger charge is -2.34. The average molecular weight is 389 g/mol. The molecule has 27 heavy (non-hydrogen) atoms. The van der Waals surface area contributed by atoms with Crippen molar-refractivity contribution in [1.29, 1.82) is 0 Å². The third-order valence-corrected chi connectivity index (χ3v) is 6.52. The fourth-order valence-corrected chi connectivity index (χ4v) is 4.36. The van der Waals surface area contributed by atoms with Gasteiger partial charge >= 0.3 is 6.03 Å². The number of methoxy groups -OCH3 is 1. The van der Waals surface area contributed by atoms with Crippen LogP contribution >= 0.6 is 0 Å². The van der Waals surface area contributed by atoms with Crippen molar-refractivity contribution in [3.63, 3.8) is 0 Å². The minimum Gasteiger partial charge on any atom is -0.497 e. The number of sulfonamides is 1. The molecule has 1 N–H and O–H groups in total. The number of carbonyl (C=O) groups excluding carboxylic acids is 1. The van der Waals surface area contributed by atoms with E-state index in [2.05, 4.69) is 5.32 Å². The molecule has 7 nitrogen and oxygen atoms in total. The molecule has 0 radical (unpaired) electrons. The summed E-state index contributed by atoms with van der Waals surface area (Å²) in [6, 6.07) is 13.6. The Morgan fingerprint density at radius 3 is 2.22 bits per heavy atom. The molecule has 1 heterocycles. The summed E-state index contributed by atoms with van der Waals surface area (Å²) >= 11 is 0. The number of urea groups is 1. The molecule has 1 aliphatic rings. The van der Waals surface area contributed by atoms with Crippen molar-refractivity contribution in [2.45, 2.75) is 11.8 Å². The van der Waals surface area contributed by atoms with Crippen LogP contribution in [0.25, 0.3) is 0 Å². The summed E-state index contributed by atoms with van der Waals surface area (Å²) in [5.41, 5.74) is 1.74. The fraction of sp³-hybridized carbons (Fsp3) is 0.316. The summed E-state index contributed by atoms with van der Waals surface area (Å²) in [7, 11) is -2.05. The molecule has 2 aromatic carbocycles. The Morgan fingerprint density at radius 1 is 1.00 bits per heavy atom. The molecular formula is C19H23N3O4S. The van der Waals surface area contributed by atoms with E-state index in [4.69, 9.17) is 4.74 Å². The average Bonchev–Trinajstić information content (AvgIpc) is 2.70. The SMILES string of the molecule is COc1ccc(S(=O)(=O)N2CCN(C(=O)Nc3ccccc3C)CC2)cc1. The van der Waals surface area contributed by atoms with E-state index in [9.17, 15) is 13.2 Å². The zero-order chi connectivity index (χ0) is 19.4. The Hall–Kier alpha value is -2.58. The molecule has 0 aromatic heterocycles. The summed E-state index contributed by atoms with van der Waals surface area (Å²) in [5, 5.41) is 2.88. The first kappa shape index (κ1) is 19.2. The van der Waals surface area contributed by atoms with Crippen molar-refractivity contribution in [2.24, 2.45) is 0 Å². The van der Waals surface area contributed by atoms with Gasteiger partial charge in [-0.2, -0.15) is 4.31 Å². The first-order chi connectivity index (χ1) is 12.9. The number of nitrogens with one attached hydrogen (secondary N) is 1. The molecule has 144 valence electrons. The summed E-state index contributed by atoms with van der Waals surface area (Å²) in [6.45, 7) is 3.13. The molecule has 0 aliphatic carbocycles. The fourth-order valence-electron chi connectivity index (χ4n) is 2.94. The number of hydrogen-bond acceptors (Lipinski definition) is 4. The molecule has 0 atom stereocenters.